The fraction of sp³-hybridized carbons (Fsp3) is 0.172. The molecule has 0 bridgehead atoms. The average Bonchev–Trinajstić information content (AvgIpc) is 3.50. The van der Waals surface area contributed by atoms with E-state index in [9.17, 15) is 9.59 Å². The Morgan fingerprint density at radius 3 is 1.95 bits per heavy atom. The Balaban J connectivity index is 1.17. The number of furan rings is 2. The van der Waals surface area contributed by atoms with Crippen molar-refractivity contribution in [3.63, 3.8) is 0 Å². The van der Waals surface area contributed by atoms with E-state index in [0.29, 0.717) is 34.9 Å². The quantitative estimate of drug-likeness (QED) is 0.288. The highest BCUT2D eigenvalue weighted by Gasteiger charge is 2.13. The van der Waals surface area contributed by atoms with Gasteiger partial charge in [-0.25, -0.2) is 0 Å². The van der Waals surface area contributed by atoms with Gasteiger partial charge >= 0.3 is 0 Å². The van der Waals surface area contributed by atoms with Crippen molar-refractivity contribution in [3.05, 3.63) is 89.9 Å². The lowest BCUT2D eigenvalue weighted by molar-refractivity contribution is -0.120. The SMILES string of the molecule is COc1ccc2c(CC(=O)NCc3cccc(NC(=O)Cc4coc5cc(OC)ccc45)c3)coc2c1. The van der Waals surface area contributed by atoms with E-state index in [2.05, 4.69) is 10.6 Å². The van der Waals surface area contributed by atoms with Gasteiger partial charge in [-0.1, -0.05) is 12.1 Å². The molecule has 0 aliphatic heterocycles. The van der Waals surface area contributed by atoms with Crippen LogP contribution in [-0.2, 0) is 29.0 Å². The van der Waals surface area contributed by atoms with E-state index in [1.807, 2.05) is 48.5 Å². The zero-order valence-corrected chi connectivity index (χ0v) is 20.5. The molecule has 2 aromatic heterocycles. The molecule has 3 aromatic carbocycles. The highest BCUT2D eigenvalue weighted by Crippen LogP contribution is 2.27. The molecule has 0 fully saturated rings. The van der Waals surface area contributed by atoms with Gasteiger partial charge < -0.3 is 28.9 Å². The van der Waals surface area contributed by atoms with Crippen molar-refractivity contribution >= 4 is 39.4 Å². The maximum Gasteiger partial charge on any atom is 0.228 e. The van der Waals surface area contributed by atoms with Gasteiger partial charge in [-0.15, -0.1) is 0 Å². The minimum atomic E-state index is -0.164. The highest BCUT2D eigenvalue weighted by molar-refractivity contribution is 5.95. The molecule has 2 N–H and O–H groups in total. The Bertz CT molecular complexity index is 1580. The van der Waals surface area contributed by atoms with Gasteiger partial charge in [0, 0.05) is 46.3 Å². The Kier molecular flexibility index (Phi) is 6.81. The van der Waals surface area contributed by atoms with Gasteiger partial charge in [0.25, 0.3) is 0 Å². The molecular weight excluding hydrogens is 472 g/mol. The number of carbonyl (C=O) groups is 2. The summed E-state index contributed by atoms with van der Waals surface area (Å²) in [7, 11) is 3.19. The van der Waals surface area contributed by atoms with Crippen LogP contribution in [-0.4, -0.2) is 26.0 Å². The second-order valence-corrected chi connectivity index (χ2v) is 8.62. The zero-order valence-electron chi connectivity index (χ0n) is 20.5. The molecule has 2 heterocycles. The van der Waals surface area contributed by atoms with E-state index < -0.39 is 0 Å². The second kappa shape index (κ2) is 10.5. The number of rotatable bonds is 9. The summed E-state index contributed by atoms with van der Waals surface area (Å²) in [6, 6.07) is 18.4. The van der Waals surface area contributed by atoms with E-state index in [-0.39, 0.29) is 24.7 Å². The molecule has 188 valence electrons. The average molecular weight is 499 g/mol. The maximum atomic E-state index is 12.7. The fourth-order valence-corrected chi connectivity index (χ4v) is 4.23. The predicted octanol–water partition coefficient (Wildman–Crippen LogP) is 5.24. The molecule has 0 spiro atoms. The van der Waals surface area contributed by atoms with Gasteiger partial charge in [0.15, 0.2) is 0 Å². The number of benzene rings is 3. The summed E-state index contributed by atoms with van der Waals surface area (Å²) in [5.41, 5.74) is 4.47. The second-order valence-electron chi connectivity index (χ2n) is 8.62. The lowest BCUT2D eigenvalue weighted by Gasteiger charge is -2.09. The van der Waals surface area contributed by atoms with E-state index in [1.165, 1.54) is 0 Å². The molecule has 0 saturated heterocycles. The minimum Gasteiger partial charge on any atom is -0.497 e. The van der Waals surface area contributed by atoms with Crippen molar-refractivity contribution < 1.29 is 27.9 Å². The molecule has 37 heavy (non-hydrogen) atoms. The largest absolute Gasteiger partial charge is 0.497 e. The Morgan fingerprint density at radius 1 is 0.757 bits per heavy atom. The van der Waals surface area contributed by atoms with Gasteiger partial charge in [0.05, 0.1) is 39.6 Å². The van der Waals surface area contributed by atoms with Crippen LogP contribution in [0, 0.1) is 0 Å². The number of ether oxygens (including phenoxy) is 2. The van der Waals surface area contributed by atoms with Crippen molar-refractivity contribution in [2.75, 3.05) is 19.5 Å². The van der Waals surface area contributed by atoms with Crippen LogP contribution in [0.15, 0.2) is 82.0 Å². The summed E-state index contributed by atoms with van der Waals surface area (Å²) in [5.74, 6) is 1.10. The minimum absolute atomic E-state index is 0.128. The number of fused-ring (bicyclic) bond motifs is 2. The van der Waals surface area contributed by atoms with Crippen LogP contribution in [0.2, 0.25) is 0 Å². The summed E-state index contributed by atoms with van der Waals surface area (Å²) >= 11 is 0. The topological polar surface area (TPSA) is 103 Å². The van der Waals surface area contributed by atoms with Crippen LogP contribution in [0.25, 0.3) is 21.9 Å². The summed E-state index contributed by atoms with van der Waals surface area (Å²) in [6.07, 6.45) is 3.56. The van der Waals surface area contributed by atoms with Crippen LogP contribution < -0.4 is 20.1 Å². The number of anilines is 1. The number of hydrogen-bond donors (Lipinski definition) is 2. The smallest absolute Gasteiger partial charge is 0.228 e. The van der Waals surface area contributed by atoms with Gasteiger partial charge in [-0.3, -0.25) is 9.59 Å². The first-order valence-corrected chi connectivity index (χ1v) is 11.8. The Morgan fingerprint density at radius 2 is 1.35 bits per heavy atom. The molecule has 5 rings (SSSR count). The number of carbonyl (C=O) groups excluding carboxylic acids is 2. The lowest BCUT2D eigenvalue weighted by Crippen LogP contribution is -2.24. The van der Waals surface area contributed by atoms with Crippen molar-refractivity contribution in [2.45, 2.75) is 19.4 Å². The van der Waals surface area contributed by atoms with Gasteiger partial charge in [-0.05, 0) is 42.0 Å². The van der Waals surface area contributed by atoms with E-state index >= 15 is 0 Å². The molecule has 5 aromatic rings. The zero-order chi connectivity index (χ0) is 25.8. The van der Waals surface area contributed by atoms with Crippen molar-refractivity contribution in [1.29, 1.82) is 0 Å². The first-order chi connectivity index (χ1) is 18.0. The van der Waals surface area contributed by atoms with Crippen LogP contribution in [0.3, 0.4) is 0 Å². The van der Waals surface area contributed by atoms with Gasteiger partial charge in [-0.2, -0.15) is 0 Å². The van der Waals surface area contributed by atoms with Crippen LogP contribution in [0.4, 0.5) is 5.69 Å². The molecule has 0 aliphatic carbocycles. The van der Waals surface area contributed by atoms with Gasteiger partial charge in [0.2, 0.25) is 11.8 Å². The highest BCUT2D eigenvalue weighted by atomic mass is 16.5. The van der Waals surface area contributed by atoms with Crippen LogP contribution >= 0.6 is 0 Å². The predicted molar refractivity (Wildman–Crippen MR) is 140 cm³/mol. The van der Waals surface area contributed by atoms with Crippen LogP contribution in [0.1, 0.15) is 16.7 Å². The normalized spacial score (nSPS) is 11.0. The number of methoxy groups -OCH3 is 2. The third-order valence-corrected chi connectivity index (χ3v) is 6.13. The molecule has 2 amide bonds. The third-order valence-electron chi connectivity index (χ3n) is 6.13. The molecule has 0 aliphatic rings. The number of hydrogen-bond acceptors (Lipinski definition) is 6. The summed E-state index contributed by atoms with van der Waals surface area (Å²) in [6.45, 7) is 0.334. The maximum absolute atomic E-state index is 12.7. The van der Waals surface area contributed by atoms with Crippen molar-refractivity contribution in [1.82, 2.24) is 5.32 Å². The molecule has 8 heteroatoms. The fourth-order valence-electron chi connectivity index (χ4n) is 4.23. The number of amides is 2. The summed E-state index contributed by atoms with van der Waals surface area (Å²) in [4.78, 5) is 25.3. The molecule has 0 radical (unpaired) electrons. The van der Waals surface area contributed by atoms with Crippen molar-refractivity contribution in [2.24, 2.45) is 0 Å². The molecule has 8 nitrogen and oxygen atoms in total. The monoisotopic (exact) mass is 498 g/mol. The molecule has 0 unspecified atom stereocenters. The Hall–Kier alpha value is -4.72. The first-order valence-electron chi connectivity index (χ1n) is 11.8. The van der Waals surface area contributed by atoms with Crippen LogP contribution in [0.5, 0.6) is 11.5 Å². The first kappa shape index (κ1) is 24.0. The standard InChI is InChI=1S/C29H26N2O6/c1-34-22-6-8-24-19(16-36-26(24)13-22)11-28(32)30-15-18-4-3-5-21(10-18)31-29(33)12-20-17-37-27-14-23(35-2)7-9-25(20)27/h3-10,13-14,16-17H,11-12,15H2,1-2H3,(H,30,32)(H,31,33). The van der Waals surface area contributed by atoms with E-state index in [4.69, 9.17) is 18.3 Å². The van der Waals surface area contributed by atoms with E-state index in [1.54, 1.807) is 38.9 Å². The third kappa shape index (κ3) is 5.43. The molecule has 0 atom stereocenters. The lowest BCUT2D eigenvalue weighted by atomic mass is 10.1. The van der Waals surface area contributed by atoms with Gasteiger partial charge in [0.1, 0.15) is 22.7 Å². The van der Waals surface area contributed by atoms with E-state index in [0.717, 1.165) is 27.5 Å². The molecule has 0 saturated carbocycles. The van der Waals surface area contributed by atoms with Crippen molar-refractivity contribution in [3.8, 4) is 11.5 Å². The number of nitrogens with one attached hydrogen (secondary N) is 2. The summed E-state index contributed by atoms with van der Waals surface area (Å²) < 4.78 is 21.6. The Labute approximate surface area is 213 Å². The molecular formula is C29H26N2O6. The summed E-state index contributed by atoms with van der Waals surface area (Å²) in [5, 5.41) is 7.60.